The lowest BCUT2D eigenvalue weighted by Crippen LogP contribution is -2.32. The van der Waals surface area contributed by atoms with Gasteiger partial charge in [-0.2, -0.15) is 0 Å². The molecule has 0 atom stereocenters. The van der Waals surface area contributed by atoms with Crippen LogP contribution in [0, 0.1) is 0 Å². The van der Waals surface area contributed by atoms with Crippen LogP contribution in [0.3, 0.4) is 0 Å². The number of hydrogen-bond donors (Lipinski definition) is 3. The third-order valence-corrected chi connectivity index (χ3v) is 2.55. The van der Waals surface area contributed by atoms with Gasteiger partial charge in [0.05, 0.1) is 4.90 Å². The third-order valence-electron chi connectivity index (χ3n) is 1.83. The summed E-state index contributed by atoms with van der Waals surface area (Å²) in [5, 5.41) is 5.01. The summed E-state index contributed by atoms with van der Waals surface area (Å²) in [6.07, 6.45) is 0. The van der Waals surface area contributed by atoms with Gasteiger partial charge in [-0.05, 0) is 17.7 Å². The largest absolute Gasteiger partial charge is 0.341 e. The quantitative estimate of drug-likeness (QED) is 0.642. The zero-order chi connectivity index (χ0) is 11.3. The highest BCUT2D eigenvalue weighted by molar-refractivity contribution is 7.72. The molecule has 15 heavy (non-hydrogen) atoms. The summed E-state index contributed by atoms with van der Waals surface area (Å²) in [4.78, 5) is 11.1. The van der Waals surface area contributed by atoms with Gasteiger partial charge in [0.1, 0.15) is 0 Å². The molecule has 2 N–H and O–H groups in total. The molecule has 1 rings (SSSR count). The molecule has 0 saturated carbocycles. The van der Waals surface area contributed by atoms with Crippen LogP contribution in [-0.4, -0.2) is 21.5 Å². The van der Waals surface area contributed by atoms with Crippen LogP contribution in [0.15, 0.2) is 29.2 Å². The van der Waals surface area contributed by atoms with Crippen LogP contribution in [0.4, 0.5) is 4.79 Å². The Bertz CT molecular complexity index is 404. The van der Waals surface area contributed by atoms with Crippen molar-refractivity contribution in [3.8, 4) is 0 Å². The fourth-order valence-corrected chi connectivity index (χ4v) is 1.40. The summed E-state index contributed by atoms with van der Waals surface area (Å²) in [5.41, 5.74) is 0.846. The van der Waals surface area contributed by atoms with Crippen LogP contribution in [0.1, 0.15) is 5.56 Å². The Labute approximate surface area is 89.4 Å². The first kappa shape index (κ1) is 11.5. The summed E-state index contributed by atoms with van der Waals surface area (Å²) in [7, 11) is -1.00. The number of nitrogens with one attached hydrogen (secondary N) is 2. The smallest absolute Gasteiger partial charge is 0.314 e. The Hall–Kier alpha value is -1.56. The molecule has 0 radical (unpaired) electrons. The highest BCUT2D eigenvalue weighted by atomic mass is 32.2. The van der Waals surface area contributed by atoms with Crippen molar-refractivity contribution in [3.05, 3.63) is 29.8 Å². The SMILES string of the molecule is CNC(=O)NCc1ccc([SH](=O)=O)cc1. The number of carbonyl (C=O) groups is 1. The molecule has 2 amide bonds. The van der Waals surface area contributed by atoms with Gasteiger partial charge in [0.15, 0.2) is 10.7 Å². The molecule has 0 aliphatic rings. The number of urea groups is 1. The van der Waals surface area contributed by atoms with Gasteiger partial charge in [-0.3, -0.25) is 0 Å². The van der Waals surface area contributed by atoms with Gasteiger partial charge in [-0.15, -0.1) is 0 Å². The topological polar surface area (TPSA) is 75.3 Å². The van der Waals surface area contributed by atoms with Crippen LogP contribution >= 0.6 is 0 Å². The van der Waals surface area contributed by atoms with Crippen LogP contribution in [0.2, 0.25) is 0 Å². The monoisotopic (exact) mass is 228 g/mol. The average Bonchev–Trinajstić information content (AvgIpc) is 2.26. The zero-order valence-corrected chi connectivity index (χ0v) is 9.08. The van der Waals surface area contributed by atoms with E-state index in [0.29, 0.717) is 6.54 Å². The maximum absolute atomic E-state index is 10.8. The fourth-order valence-electron chi connectivity index (χ4n) is 1.01. The number of hydrogen-bond acceptors (Lipinski definition) is 3. The molecule has 0 aliphatic carbocycles. The van der Waals surface area contributed by atoms with Crippen LogP contribution in [-0.2, 0) is 17.2 Å². The first-order valence-electron chi connectivity index (χ1n) is 4.32. The van der Waals surface area contributed by atoms with E-state index < -0.39 is 10.7 Å². The van der Waals surface area contributed by atoms with Gasteiger partial charge < -0.3 is 10.6 Å². The van der Waals surface area contributed by atoms with Gasteiger partial charge >= 0.3 is 6.03 Å². The van der Waals surface area contributed by atoms with E-state index in [4.69, 9.17) is 0 Å². The van der Waals surface area contributed by atoms with E-state index in [-0.39, 0.29) is 10.9 Å². The second kappa shape index (κ2) is 5.35. The Balaban J connectivity index is 2.61. The summed E-state index contributed by atoms with van der Waals surface area (Å²) < 4.78 is 21.2. The highest BCUT2D eigenvalue weighted by Crippen LogP contribution is 2.04. The minimum absolute atomic E-state index is 0.269. The molecule has 0 fully saturated rings. The summed E-state index contributed by atoms with van der Waals surface area (Å²) >= 11 is 0. The Morgan fingerprint density at radius 2 is 1.87 bits per heavy atom. The average molecular weight is 228 g/mol. The second-order valence-corrected chi connectivity index (χ2v) is 3.89. The standard InChI is InChI=1S/C9H12N2O3S/c1-10-9(12)11-6-7-2-4-8(5-3-7)15(13)14/h2-5,15H,6H2,1H3,(H2,10,11,12). The van der Waals surface area contributed by atoms with E-state index in [1.165, 1.54) is 19.2 Å². The Morgan fingerprint density at radius 3 is 2.33 bits per heavy atom. The van der Waals surface area contributed by atoms with Crippen LogP contribution < -0.4 is 10.6 Å². The zero-order valence-electron chi connectivity index (χ0n) is 8.19. The molecular formula is C9H12N2O3S. The van der Waals surface area contributed by atoms with E-state index in [0.717, 1.165) is 5.56 Å². The van der Waals surface area contributed by atoms with E-state index >= 15 is 0 Å². The Kier molecular flexibility index (Phi) is 4.11. The number of rotatable bonds is 3. The molecule has 0 spiro atoms. The molecule has 1 aromatic carbocycles. The lowest BCUT2D eigenvalue weighted by Gasteiger charge is -2.03. The van der Waals surface area contributed by atoms with E-state index in [1.54, 1.807) is 12.1 Å². The number of benzene rings is 1. The first-order valence-corrected chi connectivity index (χ1v) is 5.50. The molecule has 0 aliphatic heterocycles. The molecule has 5 nitrogen and oxygen atoms in total. The van der Waals surface area contributed by atoms with Gasteiger partial charge in [-0.1, -0.05) is 12.1 Å². The maximum atomic E-state index is 10.8. The van der Waals surface area contributed by atoms with Crippen molar-refractivity contribution in [1.82, 2.24) is 10.6 Å². The van der Waals surface area contributed by atoms with E-state index in [2.05, 4.69) is 10.6 Å². The van der Waals surface area contributed by atoms with Gasteiger partial charge in [0.2, 0.25) is 0 Å². The van der Waals surface area contributed by atoms with Crippen molar-refractivity contribution in [1.29, 1.82) is 0 Å². The molecule has 0 bridgehead atoms. The third kappa shape index (κ3) is 3.59. The van der Waals surface area contributed by atoms with Gasteiger partial charge in [0, 0.05) is 13.6 Å². The van der Waals surface area contributed by atoms with Gasteiger partial charge in [-0.25, -0.2) is 13.2 Å². The second-order valence-electron chi connectivity index (χ2n) is 2.86. The Morgan fingerprint density at radius 1 is 1.27 bits per heavy atom. The van der Waals surface area contributed by atoms with Crippen molar-refractivity contribution >= 4 is 16.7 Å². The molecule has 82 valence electrons. The first-order chi connectivity index (χ1) is 7.13. The number of thiol groups is 1. The summed E-state index contributed by atoms with van der Waals surface area (Å²) in [6, 6.07) is 6.07. The molecule has 6 heteroatoms. The van der Waals surface area contributed by atoms with E-state index in [1.807, 2.05) is 0 Å². The van der Waals surface area contributed by atoms with E-state index in [9.17, 15) is 13.2 Å². The van der Waals surface area contributed by atoms with Gasteiger partial charge in [0.25, 0.3) is 0 Å². The summed E-state index contributed by atoms with van der Waals surface area (Å²) in [5.74, 6) is 0. The normalized spacial score (nSPS) is 10.0. The maximum Gasteiger partial charge on any atom is 0.314 e. The number of amides is 2. The fraction of sp³-hybridized carbons (Fsp3) is 0.222. The molecule has 0 unspecified atom stereocenters. The van der Waals surface area contributed by atoms with Crippen molar-refractivity contribution in [2.75, 3.05) is 7.05 Å². The predicted octanol–water partition coefficient (Wildman–Crippen LogP) is 0.0859. The molecule has 0 saturated heterocycles. The lowest BCUT2D eigenvalue weighted by molar-refractivity contribution is 0.242. The minimum atomic E-state index is -2.53. The molecule has 0 heterocycles. The number of carbonyl (C=O) groups excluding carboxylic acids is 1. The van der Waals surface area contributed by atoms with Crippen LogP contribution in [0.5, 0.6) is 0 Å². The predicted molar refractivity (Wildman–Crippen MR) is 56.3 cm³/mol. The highest BCUT2D eigenvalue weighted by Gasteiger charge is 1.98. The minimum Gasteiger partial charge on any atom is -0.341 e. The lowest BCUT2D eigenvalue weighted by atomic mass is 10.2. The molecule has 0 aromatic heterocycles. The molecular weight excluding hydrogens is 216 g/mol. The van der Waals surface area contributed by atoms with Crippen LogP contribution in [0.25, 0.3) is 0 Å². The van der Waals surface area contributed by atoms with Crippen molar-refractivity contribution < 1.29 is 13.2 Å². The van der Waals surface area contributed by atoms with Crippen molar-refractivity contribution in [3.63, 3.8) is 0 Å². The van der Waals surface area contributed by atoms with Crippen molar-refractivity contribution in [2.24, 2.45) is 0 Å². The summed E-state index contributed by atoms with van der Waals surface area (Å²) in [6.45, 7) is 0.371. The van der Waals surface area contributed by atoms with Crippen molar-refractivity contribution in [2.45, 2.75) is 11.4 Å². The molecule has 1 aromatic rings.